The topological polar surface area (TPSA) is 12.5 Å². The summed E-state index contributed by atoms with van der Waals surface area (Å²) in [5.74, 6) is -0.134. The summed E-state index contributed by atoms with van der Waals surface area (Å²) in [6.45, 7) is 3.17. The number of benzene rings is 3. The number of hydrogen-bond donors (Lipinski definition) is 0. The van der Waals surface area contributed by atoms with Crippen molar-refractivity contribution in [3.05, 3.63) is 83.7 Å². The Morgan fingerprint density at radius 2 is 1.38 bits per heavy atom. The van der Waals surface area contributed by atoms with Crippen LogP contribution in [-0.4, -0.2) is 25.0 Å². The van der Waals surface area contributed by atoms with Crippen LogP contribution in [-0.2, 0) is 17.0 Å². The van der Waals surface area contributed by atoms with E-state index < -0.39 is 0 Å². The Balaban J connectivity index is 1.60. The lowest BCUT2D eigenvalue weighted by molar-refractivity contribution is 0.431. The molecule has 4 heteroatoms. The van der Waals surface area contributed by atoms with E-state index >= 15 is 0 Å². The number of rotatable bonds is 12. The zero-order valence-electron chi connectivity index (χ0n) is 19.4. The van der Waals surface area contributed by atoms with Crippen LogP contribution in [0, 0.1) is 5.82 Å². The first-order valence-electron chi connectivity index (χ1n) is 11.5. The molecule has 0 aromatic heterocycles. The summed E-state index contributed by atoms with van der Waals surface area (Å²) in [4.78, 5) is 0. The van der Waals surface area contributed by atoms with E-state index in [1.807, 2.05) is 25.2 Å². The summed E-state index contributed by atoms with van der Waals surface area (Å²) < 4.78 is 21.9. The van der Waals surface area contributed by atoms with Gasteiger partial charge in [-0.3, -0.25) is 0 Å². The summed E-state index contributed by atoms with van der Waals surface area (Å²) in [7, 11) is 3.73. The van der Waals surface area contributed by atoms with E-state index in [0.29, 0.717) is 5.56 Å². The fourth-order valence-electron chi connectivity index (χ4n) is 3.90. The van der Waals surface area contributed by atoms with Gasteiger partial charge >= 0.3 is 0 Å². The third-order valence-corrected chi connectivity index (χ3v) is 6.31. The summed E-state index contributed by atoms with van der Waals surface area (Å²) >= 11 is 1.38. The van der Waals surface area contributed by atoms with Crippen molar-refractivity contribution in [2.24, 2.45) is 0 Å². The molecule has 170 valence electrons. The second kappa shape index (κ2) is 12.8. The fourth-order valence-corrected chi connectivity index (χ4v) is 4.36. The van der Waals surface area contributed by atoms with Crippen LogP contribution in [0.1, 0.15) is 43.7 Å². The molecule has 0 fully saturated rings. The van der Waals surface area contributed by atoms with Gasteiger partial charge in [0, 0.05) is 12.1 Å². The summed E-state index contributed by atoms with van der Waals surface area (Å²) in [6.07, 6.45) is 6.57. The van der Waals surface area contributed by atoms with Crippen LogP contribution in [0.25, 0.3) is 22.3 Å². The van der Waals surface area contributed by atoms with E-state index in [1.54, 1.807) is 13.2 Å². The molecule has 0 spiro atoms. The Bertz CT molecular complexity index is 956. The maximum atomic E-state index is 14.7. The van der Waals surface area contributed by atoms with Crippen molar-refractivity contribution in [2.75, 3.05) is 20.7 Å². The van der Waals surface area contributed by atoms with Crippen molar-refractivity contribution in [1.29, 1.82) is 0 Å². The maximum Gasteiger partial charge on any atom is 0.131 e. The average molecular weight is 452 g/mol. The highest BCUT2D eigenvalue weighted by Crippen LogP contribution is 2.28. The van der Waals surface area contributed by atoms with Gasteiger partial charge in [-0.1, -0.05) is 80.4 Å². The van der Waals surface area contributed by atoms with Crippen molar-refractivity contribution < 1.29 is 8.57 Å². The van der Waals surface area contributed by atoms with Gasteiger partial charge in [0.15, 0.2) is 0 Å². The zero-order chi connectivity index (χ0) is 22.8. The average Bonchev–Trinajstić information content (AvgIpc) is 2.80. The third-order valence-electron chi connectivity index (χ3n) is 5.73. The molecule has 0 saturated heterocycles. The quantitative estimate of drug-likeness (QED) is 0.157. The van der Waals surface area contributed by atoms with E-state index in [4.69, 9.17) is 4.18 Å². The van der Waals surface area contributed by atoms with Gasteiger partial charge in [-0.2, -0.15) is 0 Å². The van der Waals surface area contributed by atoms with E-state index in [-0.39, 0.29) is 5.82 Å². The Morgan fingerprint density at radius 1 is 0.781 bits per heavy atom. The van der Waals surface area contributed by atoms with E-state index in [0.717, 1.165) is 48.9 Å². The monoisotopic (exact) mass is 451 g/mol. The second-order valence-corrected chi connectivity index (χ2v) is 9.35. The normalized spacial score (nSPS) is 11.3. The molecule has 3 rings (SSSR count). The van der Waals surface area contributed by atoms with Gasteiger partial charge in [0.05, 0.1) is 19.3 Å². The molecule has 32 heavy (non-hydrogen) atoms. The van der Waals surface area contributed by atoms with Gasteiger partial charge in [-0.15, -0.1) is 0 Å². The van der Waals surface area contributed by atoms with Crippen molar-refractivity contribution >= 4 is 12.2 Å². The molecule has 0 radical (unpaired) electrons. The smallest absolute Gasteiger partial charge is 0.131 e. The predicted octanol–water partition coefficient (Wildman–Crippen LogP) is 7.97. The largest absolute Gasteiger partial charge is 0.304 e. The van der Waals surface area contributed by atoms with E-state index in [1.165, 1.54) is 36.2 Å². The molecule has 0 unspecified atom stereocenters. The first-order valence-corrected chi connectivity index (χ1v) is 12.2. The number of hydrogen-bond acceptors (Lipinski definition) is 3. The highest BCUT2D eigenvalue weighted by atomic mass is 32.2. The summed E-state index contributed by atoms with van der Waals surface area (Å²) in [5, 5.41) is 0. The molecule has 0 saturated carbocycles. The first kappa shape index (κ1) is 24.5. The minimum absolute atomic E-state index is 0.134. The van der Waals surface area contributed by atoms with Gasteiger partial charge < -0.3 is 4.18 Å². The molecule has 0 amide bonds. The Kier molecular flexibility index (Phi) is 9.79. The molecule has 0 aliphatic heterocycles. The van der Waals surface area contributed by atoms with Gasteiger partial charge in [0.25, 0.3) is 0 Å². The number of unbranched alkanes of at least 4 members (excludes halogenated alkanes) is 2. The molecule has 3 aromatic carbocycles. The predicted molar refractivity (Wildman–Crippen MR) is 136 cm³/mol. The zero-order valence-corrected chi connectivity index (χ0v) is 20.3. The molecule has 0 aliphatic rings. The highest BCUT2D eigenvalue weighted by Gasteiger charge is 2.07. The molecule has 2 nitrogen and oxygen atoms in total. The van der Waals surface area contributed by atoms with Gasteiger partial charge in [-0.25, -0.2) is 8.70 Å². The summed E-state index contributed by atoms with van der Waals surface area (Å²) in [5.41, 5.74) is 6.33. The van der Waals surface area contributed by atoms with Crippen LogP contribution in [0.2, 0.25) is 0 Å². The van der Waals surface area contributed by atoms with Crippen LogP contribution >= 0.6 is 12.2 Å². The Labute approximate surface area is 197 Å². The highest BCUT2D eigenvalue weighted by molar-refractivity contribution is 7.92. The molecular formula is C28H34FNOS. The van der Waals surface area contributed by atoms with Gasteiger partial charge in [-0.05, 0) is 66.6 Å². The SMILES string of the molecule is CCCCCc1ccc(-c2ccc(-c3ccc(CCCN(C)SOC)cc3)cc2)c(F)c1. The summed E-state index contributed by atoms with van der Waals surface area (Å²) in [6, 6.07) is 22.6. The van der Waals surface area contributed by atoms with E-state index in [9.17, 15) is 4.39 Å². The van der Waals surface area contributed by atoms with Crippen molar-refractivity contribution in [1.82, 2.24) is 4.31 Å². The minimum Gasteiger partial charge on any atom is -0.304 e. The lowest BCUT2D eigenvalue weighted by Gasteiger charge is -2.12. The van der Waals surface area contributed by atoms with Crippen LogP contribution < -0.4 is 0 Å². The first-order chi connectivity index (χ1) is 15.6. The third kappa shape index (κ3) is 7.19. The molecule has 0 heterocycles. The van der Waals surface area contributed by atoms with Crippen LogP contribution in [0.5, 0.6) is 0 Å². The Morgan fingerprint density at radius 3 is 2.00 bits per heavy atom. The van der Waals surface area contributed by atoms with Crippen LogP contribution in [0.4, 0.5) is 4.39 Å². The van der Waals surface area contributed by atoms with Crippen LogP contribution in [0.15, 0.2) is 66.7 Å². The number of aryl methyl sites for hydroxylation is 2. The number of nitrogens with zero attached hydrogens (tertiary/aromatic N) is 1. The fraction of sp³-hybridized carbons (Fsp3) is 0.357. The minimum atomic E-state index is -0.134. The molecular weight excluding hydrogens is 417 g/mol. The van der Waals surface area contributed by atoms with Crippen molar-refractivity contribution in [3.63, 3.8) is 0 Å². The molecule has 0 bridgehead atoms. The standard InChI is InChI=1S/C28H34FNOS/c1-4-5-6-8-23-12-19-27(28(29)21-23)26-17-15-25(16-18-26)24-13-10-22(11-14-24)9-7-20-30(2)32-31-3/h10-19,21H,4-9,20H2,1-3H3. The second-order valence-electron chi connectivity index (χ2n) is 8.24. The molecule has 3 aromatic rings. The maximum absolute atomic E-state index is 14.7. The lowest BCUT2D eigenvalue weighted by atomic mass is 9.97. The molecule has 0 N–H and O–H groups in total. The van der Waals surface area contributed by atoms with Gasteiger partial charge in [0.2, 0.25) is 0 Å². The van der Waals surface area contributed by atoms with Crippen molar-refractivity contribution in [3.8, 4) is 22.3 Å². The molecule has 0 aliphatic carbocycles. The van der Waals surface area contributed by atoms with Gasteiger partial charge in [0.1, 0.15) is 5.82 Å². The number of halogens is 1. The van der Waals surface area contributed by atoms with Crippen LogP contribution in [0.3, 0.4) is 0 Å². The molecule has 0 atom stereocenters. The lowest BCUT2D eigenvalue weighted by Crippen LogP contribution is -2.11. The Hall–Kier alpha value is -2.14. The van der Waals surface area contributed by atoms with E-state index in [2.05, 4.69) is 53.7 Å². The van der Waals surface area contributed by atoms with Crippen molar-refractivity contribution in [2.45, 2.75) is 45.4 Å².